The minimum Gasteiger partial charge on any atom is -0.387 e. The van der Waals surface area contributed by atoms with Gasteiger partial charge >= 0.3 is 0 Å². The number of aliphatic hydroxyl groups excluding tert-OH is 1. The van der Waals surface area contributed by atoms with Crippen molar-refractivity contribution in [3.05, 3.63) is 84.1 Å². The van der Waals surface area contributed by atoms with Crippen molar-refractivity contribution in [1.29, 1.82) is 5.26 Å². The summed E-state index contributed by atoms with van der Waals surface area (Å²) < 4.78 is 0. The number of rotatable bonds is 4. The van der Waals surface area contributed by atoms with E-state index in [2.05, 4.69) is 22.4 Å². The van der Waals surface area contributed by atoms with Gasteiger partial charge in [0.25, 0.3) is 0 Å². The highest BCUT2D eigenvalue weighted by Gasteiger charge is 2.10. The molecule has 3 aromatic carbocycles. The molecule has 0 saturated heterocycles. The average Bonchev–Trinajstić information content (AvgIpc) is 2.71. The van der Waals surface area contributed by atoms with Gasteiger partial charge in [-0.1, -0.05) is 54.6 Å². The molecule has 0 bridgehead atoms. The summed E-state index contributed by atoms with van der Waals surface area (Å²) in [6, 6.07) is 25.5. The monoisotopic (exact) mass is 339 g/mol. The lowest BCUT2D eigenvalue weighted by molar-refractivity contribution is 0.192. The Morgan fingerprint density at radius 1 is 0.962 bits per heavy atom. The lowest BCUT2D eigenvalue weighted by Gasteiger charge is -2.15. The lowest BCUT2D eigenvalue weighted by Crippen LogP contribution is -2.12. The molecular weight excluding hydrogens is 322 g/mol. The van der Waals surface area contributed by atoms with Crippen LogP contribution in [0.5, 0.6) is 0 Å². The van der Waals surface area contributed by atoms with Gasteiger partial charge in [0.2, 0.25) is 0 Å². The van der Waals surface area contributed by atoms with Gasteiger partial charge in [-0.05, 0) is 34.5 Å². The van der Waals surface area contributed by atoms with E-state index in [1.807, 2.05) is 60.7 Å². The summed E-state index contributed by atoms with van der Waals surface area (Å²) in [6.07, 6.45) is -0.655. The molecule has 126 valence electrons. The van der Waals surface area contributed by atoms with Crippen LogP contribution in [0.1, 0.15) is 17.4 Å². The number of para-hydroxylation sites is 1. The molecule has 0 aliphatic rings. The van der Waals surface area contributed by atoms with Gasteiger partial charge in [0.05, 0.1) is 11.6 Å². The third kappa shape index (κ3) is 3.08. The number of nitrogens with one attached hydrogen (secondary N) is 1. The fraction of sp³-hybridized carbons (Fsp3) is 0.0909. The highest BCUT2D eigenvalue weighted by molar-refractivity contribution is 5.91. The molecule has 1 unspecified atom stereocenters. The summed E-state index contributed by atoms with van der Waals surface area (Å²) in [5.74, 6) is 0. The number of fused-ring (bicyclic) bond motifs is 2. The molecule has 0 amide bonds. The Balaban J connectivity index is 1.60. The van der Waals surface area contributed by atoms with Crippen LogP contribution in [-0.4, -0.2) is 16.6 Å². The summed E-state index contributed by atoms with van der Waals surface area (Å²) in [6.45, 7) is 0.344. The predicted octanol–water partition coefficient (Wildman–Crippen LogP) is 4.41. The van der Waals surface area contributed by atoms with Crippen LogP contribution < -0.4 is 5.32 Å². The minimum absolute atomic E-state index is 0.344. The standard InChI is InChI=1S/C22H17N3O/c23-13-18-12-21(19-7-3-4-8-20(19)25-18)24-14-22(26)17-10-9-15-5-1-2-6-16(15)11-17/h1-12,22,26H,14H2,(H,24,25). The second-order valence-electron chi connectivity index (χ2n) is 6.19. The summed E-state index contributed by atoms with van der Waals surface area (Å²) in [4.78, 5) is 4.31. The van der Waals surface area contributed by atoms with Gasteiger partial charge in [-0.25, -0.2) is 4.98 Å². The first-order valence-electron chi connectivity index (χ1n) is 8.45. The maximum absolute atomic E-state index is 10.6. The van der Waals surface area contributed by atoms with Crippen LogP contribution in [0.4, 0.5) is 5.69 Å². The Morgan fingerprint density at radius 3 is 2.58 bits per heavy atom. The first-order valence-corrected chi connectivity index (χ1v) is 8.45. The van der Waals surface area contributed by atoms with Crippen molar-refractivity contribution in [1.82, 2.24) is 4.98 Å². The molecule has 0 radical (unpaired) electrons. The number of hydrogen-bond acceptors (Lipinski definition) is 4. The number of hydrogen-bond donors (Lipinski definition) is 2. The number of benzene rings is 3. The number of nitrogens with zero attached hydrogens (tertiary/aromatic N) is 2. The third-order valence-electron chi connectivity index (χ3n) is 4.47. The van der Waals surface area contributed by atoms with E-state index < -0.39 is 6.10 Å². The number of aliphatic hydroxyl groups is 1. The first kappa shape index (κ1) is 16.1. The van der Waals surface area contributed by atoms with Crippen molar-refractivity contribution < 1.29 is 5.11 Å². The lowest BCUT2D eigenvalue weighted by atomic mass is 10.0. The molecule has 0 spiro atoms. The van der Waals surface area contributed by atoms with Gasteiger partial charge in [-0.3, -0.25) is 0 Å². The zero-order valence-electron chi connectivity index (χ0n) is 14.1. The van der Waals surface area contributed by atoms with Crippen molar-refractivity contribution in [3.8, 4) is 6.07 Å². The van der Waals surface area contributed by atoms with Crippen molar-refractivity contribution in [3.63, 3.8) is 0 Å². The molecule has 4 aromatic rings. The summed E-state index contributed by atoms with van der Waals surface area (Å²) >= 11 is 0. The molecule has 1 atom stereocenters. The smallest absolute Gasteiger partial charge is 0.143 e. The molecule has 4 rings (SSSR count). The quantitative estimate of drug-likeness (QED) is 0.578. The first-order chi connectivity index (χ1) is 12.7. The maximum Gasteiger partial charge on any atom is 0.143 e. The van der Waals surface area contributed by atoms with E-state index in [-0.39, 0.29) is 0 Å². The van der Waals surface area contributed by atoms with Gasteiger partial charge in [-0.15, -0.1) is 0 Å². The Bertz CT molecular complexity index is 1130. The molecule has 1 heterocycles. The summed E-state index contributed by atoms with van der Waals surface area (Å²) in [5, 5.41) is 26.2. The van der Waals surface area contributed by atoms with Crippen molar-refractivity contribution >= 4 is 27.4 Å². The van der Waals surface area contributed by atoms with E-state index in [9.17, 15) is 10.4 Å². The van der Waals surface area contributed by atoms with Gasteiger partial charge in [-0.2, -0.15) is 5.26 Å². The summed E-state index contributed by atoms with van der Waals surface area (Å²) in [5.41, 5.74) is 2.77. The fourth-order valence-electron chi connectivity index (χ4n) is 3.12. The highest BCUT2D eigenvalue weighted by Crippen LogP contribution is 2.25. The molecule has 0 aliphatic carbocycles. The van der Waals surface area contributed by atoms with E-state index >= 15 is 0 Å². The normalized spacial score (nSPS) is 12.0. The van der Waals surface area contributed by atoms with Crippen molar-refractivity contribution in [2.75, 3.05) is 11.9 Å². The summed E-state index contributed by atoms with van der Waals surface area (Å²) in [7, 11) is 0. The second kappa shape index (κ2) is 6.83. The van der Waals surface area contributed by atoms with Crippen LogP contribution in [-0.2, 0) is 0 Å². The Kier molecular flexibility index (Phi) is 4.22. The average molecular weight is 339 g/mol. The van der Waals surface area contributed by atoms with E-state index in [0.29, 0.717) is 12.2 Å². The van der Waals surface area contributed by atoms with E-state index in [4.69, 9.17) is 0 Å². The van der Waals surface area contributed by atoms with E-state index in [0.717, 1.165) is 32.9 Å². The Hall–Kier alpha value is -3.42. The molecule has 2 N–H and O–H groups in total. The van der Waals surface area contributed by atoms with Gasteiger partial charge < -0.3 is 10.4 Å². The second-order valence-corrected chi connectivity index (χ2v) is 6.19. The Morgan fingerprint density at radius 2 is 1.73 bits per heavy atom. The van der Waals surface area contributed by atoms with Crippen LogP contribution in [0.2, 0.25) is 0 Å². The highest BCUT2D eigenvalue weighted by atomic mass is 16.3. The van der Waals surface area contributed by atoms with Gasteiger partial charge in [0.15, 0.2) is 0 Å². The number of nitriles is 1. The zero-order valence-corrected chi connectivity index (χ0v) is 14.1. The largest absolute Gasteiger partial charge is 0.387 e. The topological polar surface area (TPSA) is 68.9 Å². The Labute approximate surface area is 151 Å². The molecule has 4 nitrogen and oxygen atoms in total. The molecule has 4 heteroatoms. The van der Waals surface area contributed by atoms with Gasteiger partial charge in [0, 0.05) is 17.6 Å². The minimum atomic E-state index is -0.655. The van der Waals surface area contributed by atoms with Crippen LogP contribution >= 0.6 is 0 Å². The molecule has 0 aliphatic heterocycles. The molecule has 0 saturated carbocycles. The zero-order chi connectivity index (χ0) is 17.9. The number of aromatic nitrogens is 1. The van der Waals surface area contributed by atoms with E-state index in [1.54, 1.807) is 6.07 Å². The molecule has 0 fully saturated rings. The van der Waals surface area contributed by atoms with E-state index in [1.165, 1.54) is 0 Å². The third-order valence-corrected chi connectivity index (χ3v) is 4.47. The van der Waals surface area contributed by atoms with Crippen molar-refractivity contribution in [2.45, 2.75) is 6.10 Å². The number of pyridine rings is 1. The fourth-order valence-corrected chi connectivity index (χ4v) is 3.12. The predicted molar refractivity (Wildman–Crippen MR) is 104 cm³/mol. The SMILES string of the molecule is N#Cc1cc(NCC(O)c2ccc3ccccc3c2)c2ccccc2n1. The maximum atomic E-state index is 10.6. The molecular formula is C22H17N3O. The van der Waals surface area contributed by atoms with Gasteiger partial charge in [0.1, 0.15) is 11.8 Å². The van der Waals surface area contributed by atoms with Crippen LogP contribution in [0.3, 0.4) is 0 Å². The van der Waals surface area contributed by atoms with Crippen LogP contribution in [0, 0.1) is 11.3 Å². The van der Waals surface area contributed by atoms with Crippen LogP contribution in [0.25, 0.3) is 21.7 Å². The molecule has 1 aromatic heterocycles. The van der Waals surface area contributed by atoms with Crippen LogP contribution in [0.15, 0.2) is 72.8 Å². The number of anilines is 1. The molecule has 26 heavy (non-hydrogen) atoms. The van der Waals surface area contributed by atoms with Crippen molar-refractivity contribution in [2.24, 2.45) is 0 Å².